The van der Waals surface area contributed by atoms with Gasteiger partial charge in [0, 0.05) is 56.8 Å². The third-order valence-corrected chi connectivity index (χ3v) is 7.00. The van der Waals surface area contributed by atoms with Crippen LogP contribution in [0.3, 0.4) is 0 Å². The molecule has 2 fully saturated rings. The fourth-order valence-corrected chi connectivity index (χ4v) is 5.01. The summed E-state index contributed by atoms with van der Waals surface area (Å²) in [6.45, 7) is 7.22. The molecule has 1 aromatic carbocycles. The lowest BCUT2D eigenvalue weighted by atomic mass is 10.2. The summed E-state index contributed by atoms with van der Waals surface area (Å²) in [7, 11) is 1.68. The molecule has 2 aliphatic rings. The quantitative estimate of drug-likeness (QED) is 0.706. The van der Waals surface area contributed by atoms with E-state index >= 15 is 0 Å². The van der Waals surface area contributed by atoms with E-state index in [1.807, 2.05) is 12.1 Å². The Bertz CT molecular complexity index is 807. The van der Waals surface area contributed by atoms with Gasteiger partial charge in [-0.15, -0.1) is 11.3 Å². The van der Waals surface area contributed by atoms with Crippen molar-refractivity contribution >= 4 is 17.2 Å². The standard InChI is InChI=1S/C23H32N4O2S/c1-29-21-8-6-19(7-9-21)23-24-20(18-30-23)16-25-12-14-26(15-13-25)17-22(28)27-10-4-2-3-5-11-27/h6-9,18H,2-5,10-17H2,1H3. The maximum absolute atomic E-state index is 12.6. The minimum absolute atomic E-state index is 0.314. The van der Waals surface area contributed by atoms with Gasteiger partial charge in [0.05, 0.1) is 19.3 Å². The van der Waals surface area contributed by atoms with Crippen LogP contribution in [-0.2, 0) is 11.3 Å². The van der Waals surface area contributed by atoms with E-state index in [0.717, 1.165) is 80.7 Å². The number of aromatic nitrogens is 1. The molecule has 0 saturated carbocycles. The number of methoxy groups -OCH3 is 1. The van der Waals surface area contributed by atoms with Crippen LogP contribution in [0.15, 0.2) is 29.6 Å². The normalized spacial score (nSPS) is 18.9. The van der Waals surface area contributed by atoms with Gasteiger partial charge in [-0.3, -0.25) is 14.6 Å². The van der Waals surface area contributed by atoms with Crippen molar-refractivity contribution in [3.8, 4) is 16.3 Å². The lowest BCUT2D eigenvalue weighted by Crippen LogP contribution is -2.49. The van der Waals surface area contributed by atoms with Crippen LogP contribution >= 0.6 is 11.3 Å². The zero-order chi connectivity index (χ0) is 20.8. The second-order valence-corrected chi connectivity index (χ2v) is 9.08. The number of likely N-dealkylation sites (tertiary alicyclic amines) is 1. The molecule has 2 aromatic rings. The Labute approximate surface area is 183 Å². The Morgan fingerprint density at radius 2 is 1.63 bits per heavy atom. The number of benzene rings is 1. The van der Waals surface area contributed by atoms with Crippen LogP contribution in [0.1, 0.15) is 31.4 Å². The summed E-state index contributed by atoms with van der Waals surface area (Å²) in [5.41, 5.74) is 2.25. The number of rotatable bonds is 6. The molecule has 3 heterocycles. The largest absolute Gasteiger partial charge is 0.497 e. The van der Waals surface area contributed by atoms with Crippen molar-refractivity contribution in [2.45, 2.75) is 32.2 Å². The van der Waals surface area contributed by atoms with Crippen molar-refractivity contribution in [3.05, 3.63) is 35.3 Å². The van der Waals surface area contributed by atoms with Crippen LogP contribution in [0.4, 0.5) is 0 Å². The molecule has 162 valence electrons. The second-order valence-electron chi connectivity index (χ2n) is 8.22. The van der Waals surface area contributed by atoms with Crippen LogP contribution in [-0.4, -0.2) is 78.5 Å². The summed E-state index contributed by atoms with van der Waals surface area (Å²) in [5, 5.41) is 3.21. The Morgan fingerprint density at radius 3 is 2.30 bits per heavy atom. The molecule has 30 heavy (non-hydrogen) atoms. The van der Waals surface area contributed by atoms with Gasteiger partial charge >= 0.3 is 0 Å². The van der Waals surface area contributed by atoms with E-state index in [-0.39, 0.29) is 0 Å². The van der Waals surface area contributed by atoms with Gasteiger partial charge in [-0.2, -0.15) is 0 Å². The van der Waals surface area contributed by atoms with Crippen LogP contribution in [0, 0.1) is 0 Å². The summed E-state index contributed by atoms with van der Waals surface area (Å²) in [5.74, 6) is 1.18. The molecule has 2 aliphatic heterocycles. The maximum Gasteiger partial charge on any atom is 0.236 e. The molecule has 0 unspecified atom stereocenters. The number of hydrogen-bond acceptors (Lipinski definition) is 6. The number of amides is 1. The highest BCUT2D eigenvalue weighted by Gasteiger charge is 2.22. The van der Waals surface area contributed by atoms with E-state index in [1.165, 1.54) is 12.8 Å². The summed E-state index contributed by atoms with van der Waals surface area (Å²) in [6, 6.07) is 8.06. The van der Waals surface area contributed by atoms with Gasteiger partial charge in [0.2, 0.25) is 5.91 Å². The molecule has 0 bridgehead atoms. The first-order valence-electron chi connectivity index (χ1n) is 11.0. The first-order valence-corrected chi connectivity index (χ1v) is 11.9. The zero-order valence-electron chi connectivity index (χ0n) is 17.9. The fraction of sp³-hybridized carbons (Fsp3) is 0.565. The molecule has 0 N–H and O–H groups in total. The van der Waals surface area contributed by atoms with Crippen LogP contribution in [0.25, 0.3) is 10.6 Å². The Balaban J connectivity index is 1.24. The van der Waals surface area contributed by atoms with Gasteiger partial charge in [0.1, 0.15) is 10.8 Å². The van der Waals surface area contributed by atoms with E-state index in [4.69, 9.17) is 9.72 Å². The third kappa shape index (κ3) is 5.59. The van der Waals surface area contributed by atoms with Gasteiger partial charge in [-0.05, 0) is 37.1 Å². The van der Waals surface area contributed by atoms with Crippen LogP contribution in [0.2, 0.25) is 0 Å². The molecule has 2 saturated heterocycles. The van der Waals surface area contributed by atoms with Crippen LogP contribution in [0.5, 0.6) is 5.75 Å². The summed E-state index contributed by atoms with van der Waals surface area (Å²) in [4.78, 5) is 24.3. The SMILES string of the molecule is COc1ccc(-c2nc(CN3CCN(CC(=O)N4CCCCCC4)CC3)cs2)cc1. The van der Waals surface area contributed by atoms with Crippen molar-refractivity contribution in [1.82, 2.24) is 19.7 Å². The first-order chi connectivity index (χ1) is 14.7. The van der Waals surface area contributed by atoms with Crippen molar-refractivity contribution in [2.24, 2.45) is 0 Å². The van der Waals surface area contributed by atoms with E-state index in [2.05, 4.69) is 32.2 Å². The van der Waals surface area contributed by atoms with Gasteiger partial charge in [-0.25, -0.2) is 4.98 Å². The first kappa shape index (κ1) is 21.3. The van der Waals surface area contributed by atoms with Crippen LogP contribution < -0.4 is 4.74 Å². The number of carbonyl (C=O) groups excluding carboxylic acids is 1. The van der Waals surface area contributed by atoms with E-state index in [9.17, 15) is 4.79 Å². The molecule has 1 aromatic heterocycles. The molecule has 0 atom stereocenters. The maximum atomic E-state index is 12.6. The Kier molecular flexibility index (Phi) is 7.36. The number of thiazole rings is 1. The predicted molar refractivity (Wildman–Crippen MR) is 121 cm³/mol. The van der Waals surface area contributed by atoms with Gasteiger partial charge < -0.3 is 9.64 Å². The van der Waals surface area contributed by atoms with Gasteiger partial charge in [0.15, 0.2) is 0 Å². The molecular formula is C23H32N4O2S. The predicted octanol–water partition coefficient (Wildman–Crippen LogP) is 3.34. The van der Waals surface area contributed by atoms with Crippen molar-refractivity contribution in [3.63, 3.8) is 0 Å². The number of piperazine rings is 1. The summed E-state index contributed by atoms with van der Waals surface area (Å²) >= 11 is 1.69. The molecular weight excluding hydrogens is 396 g/mol. The summed E-state index contributed by atoms with van der Waals surface area (Å²) in [6.07, 6.45) is 4.84. The minimum Gasteiger partial charge on any atom is -0.497 e. The number of carbonyl (C=O) groups is 1. The molecule has 0 aliphatic carbocycles. The van der Waals surface area contributed by atoms with Crippen molar-refractivity contribution in [1.29, 1.82) is 0 Å². The lowest BCUT2D eigenvalue weighted by Gasteiger charge is -2.35. The van der Waals surface area contributed by atoms with Gasteiger partial charge in [-0.1, -0.05) is 12.8 Å². The monoisotopic (exact) mass is 428 g/mol. The number of nitrogens with zero attached hydrogens (tertiary/aromatic N) is 4. The lowest BCUT2D eigenvalue weighted by molar-refractivity contribution is -0.132. The highest BCUT2D eigenvalue weighted by molar-refractivity contribution is 7.13. The fourth-order valence-electron chi connectivity index (χ4n) is 4.19. The third-order valence-electron chi connectivity index (χ3n) is 6.06. The van der Waals surface area contributed by atoms with E-state index < -0.39 is 0 Å². The van der Waals surface area contributed by atoms with E-state index in [0.29, 0.717) is 12.5 Å². The number of ether oxygens (including phenoxy) is 1. The minimum atomic E-state index is 0.314. The van der Waals surface area contributed by atoms with Crippen molar-refractivity contribution in [2.75, 3.05) is 52.9 Å². The average Bonchev–Trinajstić information content (AvgIpc) is 3.06. The molecule has 0 spiro atoms. The Morgan fingerprint density at radius 1 is 0.967 bits per heavy atom. The van der Waals surface area contributed by atoms with Gasteiger partial charge in [0.25, 0.3) is 0 Å². The Hall–Kier alpha value is -1.96. The molecule has 1 amide bonds. The second kappa shape index (κ2) is 10.4. The average molecular weight is 429 g/mol. The highest BCUT2D eigenvalue weighted by atomic mass is 32.1. The molecule has 4 rings (SSSR count). The van der Waals surface area contributed by atoms with E-state index in [1.54, 1.807) is 18.4 Å². The van der Waals surface area contributed by atoms with Crippen molar-refractivity contribution < 1.29 is 9.53 Å². The molecule has 0 radical (unpaired) electrons. The highest BCUT2D eigenvalue weighted by Crippen LogP contribution is 2.26. The topological polar surface area (TPSA) is 48.9 Å². The smallest absolute Gasteiger partial charge is 0.236 e. The summed E-state index contributed by atoms with van der Waals surface area (Å²) < 4.78 is 5.23. The zero-order valence-corrected chi connectivity index (χ0v) is 18.7. The number of hydrogen-bond donors (Lipinski definition) is 0. The molecule has 6 nitrogen and oxygen atoms in total. The molecule has 7 heteroatoms.